The maximum Gasteiger partial charge on any atom is 0.249 e. The molecular formula is C11H17N3O3. The number of hydrogen-bond donors (Lipinski definition) is 2. The lowest BCUT2D eigenvalue weighted by Crippen LogP contribution is -2.47. The summed E-state index contributed by atoms with van der Waals surface area (Å²) in [7, 11) is 0. The van der Waals surface area contributed by atoms with Crippen LogP contribution >= 0.6 is 0 Å². The van der Waals surface area contributed by atoms with E-state index in [0.29, 0.717) is 32.3 Å². The molecule has 1 heterocycles. The van der Waals surface area contributed by atoms with Crippen LogP contribution in [0.3, 0.4) is 0 Å². The van der Waals surface area contributed by atoms with Gasteiger partial charge in [0.05, 0.1) is 6.07 Å². The molecule has 0 aromatic rings. The standard InChI is InChI=1S/C11H17N3O3/c12-6-2-1-4-8(10(13)15)14-11(16)9-5-3-7-17-9/h8-9H,1-5,7H2,(H2,13,15)(H,14,16)/t8-,9-/m0/s1. The van der Waals surface area contributed by atoms with E-state index in [4.69, 9.17) is 15.7 Å². The second-order valence-corrected chi connectivity index (χ2v) is 4.02. The molecule has 94 valence electrons. The first-order valence-corrected chi connectivity index (χ1v) is 5.73. The summed E-state index contributed by atoms with van der Waals surface area (Å²) in [4.78, 5) is 22.8. The minimum Gasteiger partial charge on any atom is -0.368 e. The highest BCUT2D eigenvalue weighted by atomic mass is 16.5. The first-order chi connectivity index (χ1) is 8.15. The number of hydrogen-bond acceptors (Lipinski definition) is 4. The molecule has 2 atom stereocenters. The second-order valence-electron chi connectivity index (χ2n) is 4.02. The van der Waals surface area contributed by atoms with Gasteiger partial charge in [-0.1, -0.05) is 0 Å². The van der Waals surface area contributed by atoms with Crippen LogP contribution in [0.1, 0.15) is 32.1 Å². The van der Waals surface area contributed by atoms with E-state index in [2.05, 4.69) is 5.32 Å². The zero-order valence-electron chi connectivity index (χ0n) is 9.65. The average molecular weight is 239 g/mol. The van der Waals surface area contributed by atoms with Crippen molar-refractivity contribution in [1.82, 2.24) is 5.32 Å². The Morgan fingerprint density at radius 1 is 1.59 bits per heavy atom. The van der Waals surface area contributed by atoms with E-state index in [-0.39, 0.29) is 5.91 Å². The van der Waals surface area contributed by atoms with Gasteiger partial charge in [0, 0.05) is 13.0 Å². The summed E-state index contributed by atoms with van der Waals surface area (Å²) in [5.74, 6) is -0.863. The van der Waals surface area contributed by atoms with Gasteiger partial charge in [-0.05, 0) is 25.7 Å². The van der Waals surface area contributed by atoms with Gasteiger partial charge < -0.3 is 15.8 Å². The number of unbranched alkanes of at least 4 members (excludes halogenated alkanes) is 1. The van der Waals surface area contributed by atoms with Crippen LogP contribution < -0.4 is 11.1 Å². The molecule has 0 bridgehead atoms. The quantitative estimate of drug-likeness (QED) is 0.627. The number of primary amides is 1. The lowest BCUT2D eigenvalue weighted by Gasteiger charge is -2.17. The molecule has 17 heavy (non-hydrogen) atoms. The van der Waals surface area contributed by atoms with Gasteiger partial charge in [0.2, 0.25) is 11.8 Å². The molecule has 1 rings (SSSR count). The molecule has 0 spiro atoms. The topological polar surface area (TPSA) is 105 Å². The zero-order chi connectivity index (χ0) is 12.7. The van der Waals surface area contributed by atoms with Crippen molar-refractivity contribution in [1.29, 1.82) is 5.26 Å². The average Bonchev–Trinajstić information content (AvgIpc) is 2.81. The van der Waals surface area contributed by atoms with E-state index in [1.165, 1.54) is 0 Å². The number of nitrogens with zero attached hydrogens (tertiary/aromatic N) is 1. The zero-order valence-corrected chi connectivity index (χ0v) is 9.65. The van der Waals surface area contributed by atoms with Gasteiger partial charge in [-0.25, -0.2) is 0 Å². The van der Waals surface area contributed by atoms with Crippen LogP contribution in [0.5, 0.6) is 0 Å². The largest absolute Gasteiger partial charge is 0.368 e. The normalized spacial score (nSPS) is 20.5. The smallest absolute Gasteiger partial charge is 0.249 e. The third-order valence-corrected chi connectivity index (χ3v) is 2.66. The number of nitrogens with one attached hydrogen (secondary N) is 1. The fraction of sp³-hybridized carbons (Fsp3) is 0.727. The number of nitrogens with two attached hydrogens (primary N) is 1. The molecule has 0 unspecified atom stereocenters. The third-order valence-electron chi connectivity index (χ3n) is 2.66. The number of carbonyl (C=O) groups is 2. The maximum atomic E-state index is 11.7. The van der Waals surface area contributed by atoms with E-state index in [1.807, 2.05) is 6.07 Å². The summed E-state index contributed by atoms with van der Waals surface area (Å²) in [6.45, 7) is 0.577. The Morgan fingerprint density at radius 2 is 2.35 bits per heavy atom. The van der Waals surface area contributed by atoms with Crippen molar-refractivity contribution in [3.63, 3.8) is 0 Å². The Balaban J connectivity index is 2.40. The summed E-state index contributed by atoms with van der Waals surface area (Å²) < 4.78 is 5.20. The summed E-state index contributed by atoms with van der Waals surface area (Å²) >= 11 is 0. The Morgan fingerprint density at radius 3 is 2.88 bits per heavy atom. The fourth-order valence-corrected chi connectivity index (χ4v) is 1.72. The molecule has 0 aromatic heterocycles. The molecule has 6 nitrogen and oxygen atoms in total. The second kappa shape index (κ2) is 6.86. The van der Waals surface area contributed by atoms with Crippen LogP contribution in [0.2, 0.25) is 0 Å². The predicted molar refractivity (Wildman–Crippen MR) is 59.6 cm³/mol. The summed E-state index contributed by atoms with van der Waals surface area (Å²) in [6, 6.07) is 1.27. The highest BCUT2D eigenvalue weighted by Gasteiger charge is 2.27. The number of ether oxygens (including phenoxy) is 1. The van der Waals surface area contributed by atoms with Crippen LogP contribution in [0.15, 0.2) is 0 Å². The highest BCUT2D eigenvalue weighted by molar-refractivity contribution is 5.88. The Kier molecular flexibility index (Phi) is 5.43. The minimum atomic E-state index is -0.708. The first kappa shape index (κ1) is 13.5. The van der Waals surface area contributed by atoms with Crippen molar-refractivity contribution in [2.45, 2.75) is 44.2 Å². The van der Waals surface area contributed by atoms with E-state index in [1.54, 1.807) is 0 Å². The molecule has 3 N–H and O–H groups in total. The van der Waals surface area contributed by atoms with Crippen LogP contribution in [-0.2, 0) is 14.3 Å². The first-order valence-electron chi connectivity index (χ1n) is 5.73. The SMILES string of the molecule is N#CCCC[C@H](NC(=O)[C@@H]1CCCO1)C(N)=O. The molecular weight excluding hydrogens is 222 g/mol. The minimum absolute atomic E-state index is 0.289. The molecule has 1 saturated heterocycles. The molecule has 0 saturated carbocycles. The molecule has 0 aromatic carbocycles. The summed E-state index contributed by atoms with van der Waals surface area (Å²) in [6.07, 6.45) is 2.34. The van der Waals surface area contributed by atoms with Crippen molar-refractivity contribution in [2.24, 2.45) is 5.73 Å². The van der Waals surface area contributed by atoms with Crippen LogP contribution in [0, 0.1) is 11.3 Å². The van der Waals surface area contributed by atoms with Crippen molar-refractivity contribution >= 4 is 11.8 Å². The number of rotatable bonds is 6. The lowest BCUT2D eigenvalue weighted by atomic mass is 10.1. The number of amides is 2. The van der Waals surface area contributed by atoms with Gasteiger partial charge in [0.1, 0.15) is 12.1 Å². The molecule has 6 heteroatoms. The fourth-order valence-electron chi connectivity index (χ4n) is 1.72. The van der Waals surface area contributed by atoms with Gasteiger partial charge >= 0.3 is 0 Å². The van der Waals surface area contributed by atoms with E-state index in [0.717, 1.165) is 6.42 Å². The van der Waals surface area contributed by atoms with E-state index in [9.17, 15) is 9.59 Å². The third kappa shape index (κ3) is 4.41. The van der Waals surface area contributed by atoms with Gasteiger partial charge in [-0.3, -0.25) is 9.59 Å². The lowest BCUT2D eigenvalue weighted by molar-refractivity contribution is -0.133. The van der Waals surface area contributed by atoms with Crippen LogP contribution in [0.25, 0.3) is 0 Å². The monoisotopic (exact) mass is 239 g/mol. The van der Waals surface area contributed by atoms with Gasteiger partial charge in [-0.15, -0.1) is 0 Å². The maximum absolute atomic E-state index is 11.7. The van der Waals surface area contributed by atoms with Crippen LogP contribution in [-0.4, -0.2) is 30.6 Å². The van der Waals surface area contributed by atoms with Gasteiger partial charge in [0.15, 0.2) is 0 Å². The van der Waals surface area contributed by atoms with E-state index < -0.39 is 18.1 Å². The van der Waals surface area contributed by atoms with E-state index >= 15 is 0 Å². The van der Waals surface area contributed by atoms with Crippen molar-refractivity contribution in [3.05, 3.63) is 0 Å². The summed E-state index contributed by atoms with van der Waals surface area (Å²) in [5.41, 5.74) is 5.19. The number of carbonyl (C=O) groups excluding carboxylic acids is 2. The van der Waals surface area contributed by atoms with Crippen molar-refractivity contribution in [3.8, 4) is 6.07 Å². The molecule has 2 amide bonds. The van der Waals surface area contributed by atoms with Crippen molar-refractivity contribution < 1.29 is 14.3 Å². The highest BCUT2D eigenvalue weighted by Crippen LogP contribution is 2.12. The Labute approximate surface area is 100 Å². The molecule has 1 fully saturated rings. The van der Waals surface area contributed by atoms with Gasteiger partial charge in [0.25, 0.3) is 0 Å². The molecule has 0 radical (unpaired) electrons. The van der Waals surface area contributed by atoms with Crippen LogP contribution in [0.4, 0.5) is 0 Å². The van der Waals surface area contributed by atoms with Crippen molar-refractivity contribution in [2.75, 3.05) is 6.61 Å². The molecule has 0 aliphatic carbocycles. The molecule has 1 aliphatic heterocycles. The Bertz CT molecular complexity index is 318. The van der Waals surface area contributed by atoms with Gasteiger partial charge in [-0.2, -0.15) is 5.26 Å². The Hall–Kier alpha value is -1.61. The summed E-state index contributed by atoms with van der Waals surface area (Å²) in [5, 5.41) is 11.0. The number of nitriles is 1. The molecule has 1 aliphatic rings. The predicted octanol–water partition coefficient (Wildman–Crippen LogP) is -0.171.